The summed E-state index contributed by atoms with van der Waals surface area (Å²) in [5.41, 5.74) is 0.472. The third-order valence-electron chi connectivity index (χ3n) is 5.02. The van der Waals surface area contributed by atoms with Crippen LogP contribution in [0.1, 0.15) is 25.7 Å². The summed E-state index contributed by atoms with van der Waals surface area (Å²) in [5.74, 6) is -0.0664. The maximum absolute atomic E-state index is 13.2. The van der Waals surface area contributed by atoms with Gasteiger partial charge >= 0.3 is 0 Å². The van der Waals surface area contributed by atoms with Crippen molar-refractivity contribution in [1.82, 2.24) is 15.5 Å². The van der Waals surface area contributed by atoms with Crippen LogP contribution < -0.4 is 16.0 Å². The first kappa shape index (κ1) is 21.6. The number of carbonyl (C=O) groups excluding carboxylic acids is 2. The summed E-state index contributed by atoms with van der Waals surface area (Å²) in [4.78, 5) is 26.4. The highest BCUT2D eigenvalue weighted by Crippen LogP contribution is 2.16. The van der Waals surface area contributed by atoms with E-state index < -0.39 is 0 Å². The number of anilines is 1. The van der Waals surface area contributed by atoms with Gasteiger partial charge in [0.25, 0.3) is 0 Å². The van der Waals surface area contributed by atoms with Crippen molar-refractivity contribution in [2.45, 2.75) is 31.7 Å². The third kappa shape index (κ3) is 6.75. The number of rotatable bonds is 6. The van der Waals surface area contributed by atoms with Gasteiger partial charge in [0.2, 0.25) is 11.8 Å². The fraction of sp³-hybridized carbons (Fsp3) is 0.579. The molecule has 0 spiro atoms. The molecule has 0 bridgehead atoms. The van der Waals surface area contributed by atoms with E-state index in [2.05, 4.69) is 20.9 Å². The standard InChI is InChI=1S/C19H27FN4O2.ClH/c20-15-5-1-6-16(10-15)23-18(25)13-24-9-3-4-14(12-24)11-22-19(26)17-7-2-8-21-17;/h1,5-6,10,14,17,21H,2-4,7-9,11-13H2,(H,22,26)(H,23,25);1H. The van der Waals surface area contributed by atoms with Crippen molar-refractivity contribution in [2.75, 3.05) is 38.0 Å². The average Bonchev–Trinajstić information content (AvgIpc) is 3.14. The number of piperidine rings is 1. The van der Waals surface area contributed by atoms with Crippen LogP contribution in [0.4, 0.5) is 10.1 Å². The highest BCUT2D eigenvalue weighted by molar-refractivity contribution is 5.92. The Labute approximate surface area is 165 Å². The van der Waals surface area contributed by atoms with Crippen molar-refractivity contribution in [3.05, 3.63) is 30.1 Å². The number of nitrogens with one attached hydrogen (secondary N) is 3. The topological polar surface area (TPSA) is 73.5 Å². The van der Waals surface area contributed by atoms with E-state index >= 15 is 0 Å². The van der Waals surface area contributed by atoms with E-state index in [0.717, 1.165) is 45.3 Å². The molecule has 2 aliphatic rings. The molecule has 2 unspecified atom stereocenters. The first-order valence-electron chi connectivity index (χ1n) is 9.39. The number of halogens is 2. The van der Waals surface area contributed by atoms with Gasteiger partial charge in [-0.3, -0.25) is 14.5 Å². The quantitative estimate of drug-likeness (QED) is 0.682. The van der Waals surface area contributed by atoms with Gasteiger partial charge in [0.15, 0.2) is 0 Å². The number of nitrogens with zero attached hydrogens (tertiary/aromatic N) is 1. The molecule has 0 radical (unpaired) electrons. The number of likely N-dealkylation sites (tertiary alicyclic amines) is 1. The van der Waals surface area contributed by atoms with Crippen molar-refractivity contribution in [3.63, 3.8) is 0 Å². The van der Waals surface area contributed by atoms with Crippen LogP contribution in [0.5, 0.6) is 0 Å². The smallest absolute Gasteiger partial charge is 0.238 e. The minimum absolute atomic E-state index is 0. The molecule has 0 aromatic heterocycles. The molecular formula is C19H28ClFN4O2. The minimum atomic E-state index is -0.367. The molecule has 27 heavy (non-hydrogen) atoms. The molecule has 2 aliphatic heterocycles. The van der Waals surface area contributed by atoms with Crippen molar-refractivity contribution < 1.29 is 14.0 Å². The summed E-state index contributed by atoms with van der Waals surface area (Å²) in [7, 11) is 0. The number of benzene rings is 1. The van der Waals surface area contributed by atoms with E-state index in [9.17, 15) is 14.0 Å². The molecule has 2 amide bonds. The van der Waals surface area contributed by atoms with Gasteiger partial charge in [-0.2, -0.15) is 0 Å². The summed E-state index contributed by atoms with van der Waals surface area (Å²) < 4.78 is 13.2. The molecule has 3 N–H and O–H groups in total. The Bertz CT molecular complexity index is 640. The Morgan fingerprint density at radius 3 is 2.85 bits per heavy atom. The predicted octanol–water partition coefficient (Wildman–Crippen LogP) is 1.77. The molecule has 150 valence electrons. The minimum Gasteiger partial charge on any atom is -0.354 e. The molecule has 8 heteroatoms. The van der Waals surface area contributed by atoms with Crippen LogP contribution in [-0.2, 0) is 9.59 Å². The Hall–Kier alpha value is -1.70. The fourth-order valence-corrected chi connectivity index (χ4v) is 3.71. The summed E-state index contributed by atoms with van der Waals surface area (Å²) in [5, 5.41) is 8.98. The van der Waals surface area contributed by atoms with Crippen molar-refractivity contribution in [3.8, 4) is 0 Å². The van der Waals surface area contributed by atoms with Crippen LogP contribution in [0, 0.1) is 11.7 Å². The summed E-state index contributed by atoms with van der Waals surface area (Å²) in [6.07, 6.45) is 4.02. The maximum Gasteiger partial charge on any atom is 0.238 e. The van der Waals surface area contributed by atoms with Gasteiger partial charge in [-0.25, -0.2) is 4.39 Å². The molecule has 3 rings (SSSR count). The van der Waals surface area contributed by atoms with E-state index in [4.69, 9.17) is 0 Å². The van der Waals surface area contributed by atoms with E-state index in [0.29, 0.717) is 18.2 Å². The van der Waals surface area contributed by atoms with Gasteiger partial charge in [-0.1, -0.05) is 6.07 Å². The molecular weight excluding hydrogens is 371 g/mol. The van der Waals surface area contributed by atoms with E-state index in [-0.39, 0.29) is 42.6 Å². The Morgan fingerprint density at radius 2 is 2.11 bits per heavy atom. The van der Waals surface area contributed by atoms with Gasteiger partial charge in [0.1, 0.15) is 5.82 Å². The van der Waals surface area contributed by atoms with Crippen molar-refractivity contribution >= 4 is 29.9 Å². The van der Waals surface area contributed by atoms with E-state index in [1.807, 2.05) is 0 Å². The molecule has 1 aromatic carbocycles. The monoisotopic (exact) mass is 398 g/mol. The van der Waals surface area contributed by atoms with Crippen LogP contribution in [0.15, 0.2) is 24.3 Å². The van der Waals surface area contributed by atoms with Gasteiger partial charge in [0, 0.05) is 18.8 Å². The van der Waals surface area contributed by atoms with E-state index in [1.165, 1.54) is 12.1 Å². The van der Waals surface area contributed by atoms with Crippen LogP contribution >= 0.6 is 12.4 Å². The zero-order valence-electron chi connectivity index (χ0n) is 15.4. The Kier molecular flexibility index (Phi) is 8.47. The zero-order valence-corrected chi connectivity index (χ0v) is 16.2. The predicted molar refractivity (Wildman–Crippen MR) is 105 cm³/mol. The summed E-state index contributed by atoms with van der Waals surface area (Å²) in [6, 6.07) is 5.85. The van der Waals surface area contributed by atoms with Gasteiger partial charge in [-0.05, 0) is 62.9 Å². The summed E-state index contributed by atoms with van der Waals surface area (Å²) >= 11 is 0. The summed E-state index contributed by atoms with van der Waals surface area (Å²) in [6.45, 7) is 3.50. The Balaban J connectivity index is 0.00000261. The number of carbonyl (C=O) groups is 2. The van der Waals surface area contributed by atoms with Crippen LogP contribution in [0.3, 0.4) is 0 Å². The number of hydrogen-bond acceptors (Lipinski definition) is 4. The molecule has 1 aromatic rings. The lowest BCUT2D eigenvalue weighted by atomic mass is 9.98. The normalized spacial score (nSPS) is 22.7. The lowest BCUT2D eigenvalue weighted by Gasteiger charge is -2.32. The lowest BCUT2D eigenvalue weighted by Crippen LogP contribution is -2.46. The van der Waals surface area contributed by atoms with Crippen molar-refractivity contribution in [2.24, 2.45) is 5.92 Å². The molecule has 0 saturated carbocycles. The first-order valence-corrected chi connectivity index (χ1v) is 9.39. The van der Waals surface area contributed by atoms with Gasteiger partial charge < -0.3 is 16.0 Å². The molecule has 2 fully saturated rings. The van der Waals surface area contributed by atoms with Crippen LogP contribution in [0.25, 0.3) is 0 Å². The lowest BCUT2D eigenvalue weighted by molar-refractivity contribution is -0.123. The molecule has 2 saturated heterocycles. The fourth-order valence-electron chi connectivity index (χ4n) is 3.71. The second-order valence-electron chi connectivity index (χ2n) is 7.20. The number of hydrogen-bond donors (Lipinski definition) is 3. The highest BCUT2D eigenvalue weighted by atomic mass is 35.5. The maximum atomic E-state index is 13.2. The first-order chi connectivity index (χ1) is 12.6. The highest BCUT2D eigenvalue weighted by Gasteiger charge is 2.25. The second-order valence-corrected chi connectivity index (χ2v) is 7.20. The second kappa shape index (κ2) is 10.6. The largest absolute Gasteiger partial charge is 0.354 e. The molecule has 6 nitrogen and oxygen atoms in total. The Morgan fingerprint density at radius 1 is 1.26 bits per heavy atom. The number of amides is 2. The van der Waals surface area contributed by atoms with Crippen molar-refractivity contribution in [1.29, 1.82) is 0 Å². The van der Waals surface area contributed by atoms with Gasteiger partial charge in [0.05, 0.1) is 12.6 Å². The van der Waals surface area contributed by atoms with E-state index in [1.54, 1.807) is 12.1 Å². The average molecular weight is 399 g/mol. The van der Waals surface area contributed by atoms with Crippen LogP contribution in [-0.4, -0.2) is 55.5 Å². The SMILES string of the molecule is Cl.O=C(CN1CCCC(CNC(=O)C2CCCN2)C1)Nc1cccc(F)c1. The molecule has 0 aliphatic carbocycles. The zero-order chi connectivity index (χ0) is 18.4. The third-order valence-corrected chi connectivity index (χ3v) is 5.02. The molecule has 2 heterocycles. The molecule has 2 atom stereocenters. The van der Waals surface area contributed by atoms with Crippen LogP contribution in [0.2, 0.25) is 0 Å². The van der Waals surface area contributed by atoms with Gasteiger partial charge in [-0.15, -0.1) is 12.4 Å².